The average molecular weight is 352 g/mol. The molecule has 0 saturated carbocycles. The Hall–Kier alpha value is -2.71. The Labute approximate surface area is 152 Å². The number of rotatable bonds is 6. The van der Waals surface area contributed by atoms with Gasteiger partial charge in [-0.1, -0.05) is 54.3 Å². The van der Waals surface area contributed by atoms with Gasteiger partial charge in [-0.15, -0.1) is 11.8 Å². The van der Waals surface area contributed by atoms with Crippen molar-refractivity contribution >= 4 is 23.6 Å². The third-order valence-corrected chi connectivity index (χ3v) is 4.34. The van der Waals surface area contributed by atoms with E-state index in [-0.39, 0.29) is 18.4 Å². The molecule has 2 amide bonds. The van der Waals surface area contributed by atoms with Crippen LogP contribution < -0.4 is 10.6 Å². The molecule has 0 saturated heterocycles. The van der Waals surface area contributed by atoms with Crippen LogP contribution in [-0.4, -0.2) is 31.2 Å². The van der Waals surface area contributed by atoms with E-state index >= 15 is 0 Å². The topological polar surface area (TPSA) is 58.2 Å². The molecule has 4 nitrogen and oxygen atoms in total. The van der Waals surface area contributed by atoms with Gasteiger partial charge in [-0.05, 0) is 17.7 Å². The fraction of sp³-hybridized carbons (Fsp3) is 0.200. The molecule has 0 unspecified atom stereocenters. The van der Waals surface area contributed by atoms with Crippen molar-refractivity contribution in [1.29, 1.82) is 0 Å². The van der Waals surface area contributed by atoms with Gasteiger partial charge in [0.15, 0.2) is 0 Å². The molecule has 25 heavy (non-hydrogen) atoms. The van der Waals surface area contributed by atoms with Crippen molar-refractivity contribution in [2.75, 3.05) is 19.3 Å². The summed E-state index contributed by atoms with van der Waals surface area (Å²) in [7, 11) is 1.58. The summed E-state index contributed by atoms with van der Waals surface area (Å²) in [5, 5.41) is 5.36. The van der Waals surface area contributed by atoms with Crippen molar-refractivity contribution in [3.63, 3.8) is 0 Å². The predicted molar refractivity (Wildman–Crippen MR) is 102 cm³/mol. The molecule has 0 aliphatic carbocycles. The van der Waals surface area contributed by atoms with Gasteiger partial charge >= 0.3 is 0 Å². The van der Waals surface area contributed by atoms with E-state index in [4.69, 9.17) is 0 Å². The standard InChI is InChI=1S/C20H20N2O2S/c1-21-20(24)18-12-6-5-10-17(18)11-7-13-22-19(23)15-25-14-16-8-3-2-4-9-16/h2-6,8-10,12H,13-15H2,1H3,(H,21,24)(H,22,23). The van der Waals surface area contributed by atoms with Crippen LogP contribution in [0.5, 0.6) is 0 Å². The Morgan fingerprint density at radius 3 is 2.52 bits per heavy atom. The number of benzene rings is 2. The van der Waals surface area contributed by atoms with Crippen LogP contribution in [-0.2, 0) is 10.5 Å². The quantitative estimate of drug-likeness (QED) is 0.785. The van der Waals surface area contributed by atoms with Crippen LogP contribution in [0.3, 0.4) is 0 Å². The third kappa shape index (κ3) is 6.36. The van der Waals surface area contributed by atoms with Gasteiger partial charge in [0.25, 0.3) is 5.91 Å². The molecule has 2 rings (SSSR count). The normalized spacial score (nSPS) is 9.64. The SMILES string of the molecule is CNC(=O)c1ccccc1C#CCNC(=O)CSCc1ccccc1. The van der Waals surface area contributed by atoms with Crippen molar-refractivity contribution in [2.24, 2.45) is 0 Å². The van der Waals surface area contributed by atoms with Crippen molar-refractivity contribution in [3.05, 3.63) is 71.3 Å². The third-order valence-electron chi connectivity index (χ3n) is 3.34. The Morgan fingerprint density at radius 1 is 1.04 bits per heavy atom. The molecular formula is C20H20N2O2S. The fourth-order valence-corrected chi connectivity index (χ4v) is 2.91. The molecule has 0 aliphatic heterocycles. The van der Waals surface area contributed by atoms with E-state index in [1.807, 2.05) is 36.4 Å². The van der Waals surface area contributed by atoms with E-state index in [0.717, 1.165) is 5.75 Å². The molecule has 0 atom stereocenters. The number of thioether (sulfide) groups is 1. The van der Waals surface area contributed by atoms with Gasteiger partial charge in [-0.2, -0.15) is 0 Å². The van der Waals surface area contributed by atoms with E-state index in [2.05, 4.69) is 22.5 Å². The summed E-state index contributed by atoms with van der Waals surface area (Å²) in [5.74, 6) is 6.80. The maximum atomic E-state index is 11.8. The van der Waals surface area contributed by atoms with Crippen LogP contribution in [0, 0.1) is 11.8 Å². The van der Waals surface area contributed by atoms with E-state index in [1.165, 1.54) is 5.56 Å². The van der Waals surface area contributed by atoms with Gasteiger partial charge in [-0.25, -0.2) is 0 Å². The molecule has 2 aromatic carbocycles. The van der Waals surface area contributed by atoms with E-state index < -0.39 is 0 Å². The van der Waals surface area contributed by atoms with E-state index in [0.29, 0.717) is 16.9 Å². The molecule has 128 valence electrons. The van der Waals surface area contributed by atoms with Crippen molar-refractivity contribution in [2.45, 2.75) is 5.75 Å². The molecule has 0 heterocycles. The summed E-state index contributed by atoms with van der Waals surface area (Å²) in [6, 6.07) is 17.2. The summed E-state index contributed by atoms with van der Waals surface area (Å²) in [5.41, 5.74) is 2.38. The predicted octanol–water partition coefficient (Wildman–Crippen LogP) is 2.45. The smallest absolute Gasteiger partial charge is 0.252 e. The lowest BCUT2D eigenvalue weighted by molar-refractivity contribution is -0.118. The van der Waals surface area contributed by atoms with Gasteiger partial charge in [0.2, 0.25) is 5.91 Å². The van der Waals surface area contributed by atoms with Crippen molar-refractivity contribution < 1.29 is 9.59 Å². The summed E-state index contributed by atoms with van der Waals surface area (Å²) >= 11 is 1.57. The Balaban J connectivity index is 1.77. The molecule has 5 heteroatoms. The summed E-state index contributed by atoms with van der Waals surface area (Å²) in [6.45, 7) is 0.257. The molecule has 0 bridgehead atoms. The fourth-order valence-electron chi connectivity index (χ4n) is 2.09. The molecule has 2 N–H and O–H groups in total. The number of nitrogens with one attached hydrogen (secondary N) is 2. The second-order valence-electron chi connectivity index (χ2n) is 5.18. The highest BCUT2D eigenvalue weighted by molar-refractivity contribution is 7.99. The number of carbonyl (C=O) groups excluding carboxylic acids is 2. The maximum absolute atomic E-state index is 11.8. The van der Waals surface area contributed by atoms with Crippen LogP contribution in [0.2, 0.25) is 0 Å². The number of hydrogen-bond acceptors (Lipinski definition) is 3. The first-order chi connectivity index (χ1) is 12.2. The summed E-state index contributed by atoms with van der Waals surface area (Å²) in [4.78, 5) is 23.6. The Morgan fingerprint density at radius 2 is 1.76 bits per heavy atom. The Bertz CT molecular complexity index is 779. The van der Waals surface area contributed by atoms with Crippen LogP contribution in [0.4, 0.5) is 0 Å². The van der Waals surface area contributed by atoms with E-state index in [9.17, 15) is 9.59 Å². The lowest BCUT2D eigenvalue weighted by Gasteiger charge is -2.03. The van der Waals surface area contributed by atoms with Gasteiger partial charge in [-0.3, -0.25) is 9.59 Å². The zero-order valence-electron chi connectivity index (χ0n) is 14.0. The number of amides is 2. The molecule has 0 radical (unpaired) electrons. The lowest BCUT2D eigenvalue weighted by atomic mass is 10.1. The second kappa shape index (κ2) is 10.2. The Kier molecular flexibility index (Phi) is 7.61. The van der Waals surface area contributed by atoms with Crippen LogP contribution in [0.15, 0.2) is 54.6 Å². The number of carbonyl (C=O) groups is 2. The van der Waals surface area contributed by atoms with Gasteiger partial charge in [0, 0.05) is 18.4 Å². The zero-order valence-corrected chi connectivity index (χ0v) is 14.9. The second-order valence-corrected chi connectivity index (χ2v) is 6.17. The molecule has 2 aromatic rings. The minimum Gasteiger partial charge on any atom is -0.355 e. The molecule has 0 fully saturated rings. The van der Waals surface area contributed by atoms with Crippen LogP contribution in [0.25, 0.3) is 0 Å². The average Bonchev–Trinajstić information content (AvgIpc) is 2.66. The van der Waals surface area contributed by atoms with Crippen molar-refractivity contribution in [3.8, 4) is 11.8 Å². The minimum absolute atomic E-state index is 0.0465. The van der Waals surface area contributed by atoms with Gasteiger partial charge in [0.05, 0.1) is 17.9 Å². The first kappa shape index (κ1) is 18.6. The summed E-state index contributed by atoms with van der Waals surface area (Å²) in [6.07, 6.45) is 0. The van der Waals surface area contributed by atoms with Gasteiger partial charge in [0.1, 0.15) is 0 Å². The monoisotopic (exact) mass is 352 g/mol. The first-order valence-electron chi connectivity index (χ1n) is 7.89. The molecule has 0 aliphatic rings. The highest BCUT2D eigenvalue weighted by Crippen LogP contribution is 2.11. The zero-order chi connectivity index (χ0) is 17.9. The van der Waals surface area contributed by atoms with E-state index in [1.54, 1.807) is 37.0 Å². The van der Waals surface area contributed by atoms with Crippen LogP contribution >= 0.6 is 11.8 Å². The minimum atomic E-state index is -0.175. The lowest BCUT2D eigenvalue weighted by Crippen LogP contribution is -2.25. The molecule has 0 aromatic heterocycles. The first-order valence-corrected chi connectivity index (χ1v) is 9.04. The van der Waals surface area contributed by atoms with Crippen molar-refractivity contribution in [1.82, 2.24) is 10.6 Å². The van der Waals surface area contributed by atoms with Gasteiger partial charge < -0.3 is 10.6 Å². The molecule has 0 spiro atoms. The summed E-state index contributed by atoms with van der Waals surface area (Å²) < 4.78 is 0. The largest absolute Gasteiger partial charge is 0.355 e. The highest BCUT2D eigenvalue weighted by atomic mass is 32.2. The van der Waals surface area contributed by atoms with Crippen LogP contribution in [0.1, 0.15) is 21.5 Å². The number of hydrogen-bond donors (Lipinski definition) is 2. The highest BCUT2D eigenvalue weighted by Gasteiger charge is 2.06. The molecular weight excluding hydrogens is 332 g/mol. The maximum Gasteiger partial charge on any atom is 0.252 e.